The number of fused-ring (bicyclic) bond motifs is 1. The summed E-state index contributed by atoms with van der Waals surface area (Å²) in [5, 5.41) is 27.7. The predicted octanol–water partition coefficient (Wildman–Crippen LogP) is 0.637. The Labute approximate surface area is 88.4 Å². The zero-order valence-corrected chi connectivity index (χ0v) is 7.89. The maximum absolute atomic E-state index is 11.0. The summed E-state index contributed by atoms with van der Waals surface area (Å²) in [6, 6.07) is 3.11. The van der Waals surface area contributed by atoms with Gasteiger partial charge in [0, 0.05) is 17.5 Å². The van der Waals surface area contributed by atoms with Gasteiger partial charge in [-0.15, -0.1) is 0 Å². The molecule has 2 rings (SSSR count). The van der Waals surface area contributed by atoms with Crippen molar-refractivity contribution < 1.29 is 20.1 Å². The monoisotopic (exact) mass is 221 g/mol. The highest BCUT2D eigenvalue weighted by Crippen LogP contribution is 2.28. The molecule has 1 aromatic carbocycles. The minimum Gasteiger partial charge on any atom is -0.507 e. The molecule has 6 nitrogen and oxygen atoms in total. The fraction of sp³-hybridized carbons (Fsp3) is 0. The summed E-state index contributed by atoms with van der Waals surface area (Å²) in [5.41, 5.74) is -0.699. The average molecular weight is 221 g/mol. The summed E-state index contributed by atoms with van der Waals surface area (Å²) in [4.78, 5) is 24.1. The average Bonchev–Trinajstić information content (AvgIpc) is 2.15. The van der Waals surface area contributed by atoms with Crippen LogP contribution in [0.1, 0.15) is 10.4 Å². The van der Waals surface area contributed by atoms with Gasteiger partial charge in [-0.1, -0.05) is 0 Å². The van der Waals surface area contributed by atoms with Crippen molar-refractivity contribution in [2.45, 2.75) is 0 Å². The fourth-order valence-corrected chi connectivity index (χ4v) is 1.45. The molecule has 0 unspecified atom stereocenters. The van der Waals surface area contributed by atoms with Crippen LogP contribution in [0.2, 0.25) is 0 Å². The topological polar surface area (TPSA) is 111 Å². The third kappa shape index (κ3) is 1.46. The highest BCUT2D eigenvalue weighted by molar-refractivity contribution is 5.98. The maximum atomic E-state index is 11.0. The highest BCUT2D eigenvalue weighted by Gasteiger charge is 2.13. The van der Waals surface area contributed by atoms with Crippen LogP contribution in [0.15, 0.2) is 23.0 Å². The highest BCUT2D eigenvalue weighted by atomic mass is 16.4. The Kier molecular flexibility index (Phi) is 2.05. The summed E-state index contributed by atoms with van der Waals surface area (Å²) in [6.07, 6.45) is 0. The Hall–Kier alpha value is -2.50. The summed E-state index contributed by atoms with van der Waals surface area (Å²) in [7, 11) is 0. The normalized spacial score (nSPS) is 10.5. The Morgan fingerprint density at radius 1 is 1.12 bits per heavy atom. The number of aromatic carboxylic acids is 1. The number of hydrogen-bond donors (Lipinski definition) is 4. The summed E-state index contributed by atoms with van der Waals surface area (Å²) >= 11 is 0. The first kappa shape index (κ1) is 10.0. The molecule has 0 saturated heterocycles. The minimum absolute atomic E-state index is 0.162. The van der Waals surface area contributed by atoms with E-state index in [9.17, 15) is 19.8 Å². The molecule has 16 heavy (non-hydrogen) atoms. The summed E-state index contributed by atoms with van der Waals surface area (Å²) < 4.78 is 0. The number of aromatic nitrogens is 1. The van der Waals surface area contributed by atoms with Crippen molar-refractivity contribution in [1.82, 2.24) is 4.98 Å². The number of pyridine rings is 1. The van der Waals surface area contributed by atoms with E-state index in [0.717, 1.165) is 18.2 Å². The Morgan fingerprint density at radius 3 is 2.44 bits per heavy atom. The van der Waals surface area contributed by atoms with Crippen molar-refractivity contribution in [2.75, 3.05) is 0 Å². The van der Waals surface area contributed by atoms with E-state index in [4.69, 9.17) is 5.11 Å². The van der Waals surface area contributed by atoms with Crippen LogP contribution in [-0.2, 0) is 0 Å². The van der Waals surface area contributed by atoms with Crippen molar-refractivity contribution in [3.63, 3.8) is 0 Å². The van der Waals surface area contributed by atoms with E-state index in [1.807, 2.05) is 0 Å². The minimum atomic E-state index is -1.31. The Balaban J connectivity index is 2.90. The smallest absolute Gasteiger partial charge is 0.339 e. The van der Waals surface area contributed by atoms with Gasteiger partial charge in [0.25, 0.3) is 5.56 Å². The van der Waals surface area contributed by atoms with Crippen molar-refractivity contribution in [1.29, 1.82) is 0 Å². The first-order valence-electron chi connectivity index (χ1n) is 4.31. The van der Waals surface area contributed by atoms with Crippen LogP contribution in [0, 0.1) is 0 Å². The van der Waals surface area contributed by atoms with Crippen LogP contribution >= 0.6 is 0 Å². The van der Waals surface area contributed by atoms with E-state index in [-0.39, 0.29) is 22.2 Å². The van der Waals surface area contributed by atoms with Crippen LogP contribution < -0.4 is 5.56 Å². The number of H-pyrrole nitrogens is 1. The second kappa shape index (κ2) is 3.27. The number of rotatable bonds is 1. The number of benzene rings is 1. The lowest BCUT2D eigenvalue weighted by Crippen LogP contribution is -2.04. The Morgan fingerprint density at radius 2 is 1.81 bits per heavy atom. The van der Waals surface area contributed by atoms with Crippen LogP contribution in [0.3, 0.4) is 0 Å². The quantitative estimate of drug-likeness (QED) is 0.564. The molecule has 0 bridgehead atoms. The Bertz CT molecular complexity index is 643. The maximum Gasteiger partial charge on any atom is 0.339 e. The largest absolute Gasteiger partial charge is 0.507 e. The number of aromatic hydroxyl groups is 2. The third-order valence-corrected chi connectivity index (χ3v) is 2.17. The van der Waals surface area contributed by atoms with Crippen LogP contribution in [0.4, 0.5) is 0 Å². The molecule has 4 N–H and O–H groups in total. The SMILES string of the molecule is O=C(O)c1cc2c(O)cc(=O)[nH]c2cc1O. The van der Waals surface area contributed by atoms with Gasteiger partial charge in [0.1, 0.15) is 17.1 Å². The van der Waals surface area contributed by atoms with Crippen molar-refractivity contribution >= 4 is 16.9 Å². The molecule has 2 aromatic rings. The molecule has 6 heteroatoms. The molecule has 0 radical (unpaired) electrons. The molecule has 0 fully saturated rings. The lowest BCUT2D eigenvalue weighted by Gasteiger charge is -2.04. The van der Waals surface area contributed by atoms with E-state index in [1.165, 1.54) is 0 Å². The van der Waals surface area contributed by atoms with Gasteiger partial charge >= 0.3 is 5.97 Å². The van der Waals surface area contributed by atoms with E-state index < -0.39 is 17.3 Å². The van der Waals surface area contributed by atoms with Crippen LogP contribution in [0.5, 0.6) is 11.5 Å². The van der Waals surface area contributed by atoms with Gasteiger partial charge in [-0.3, -0.25) is 4.79 Å². The number of carbonyl (C=O) groups is 1. The van der Waals surface area contributed by atoms with Crippen LogP contribution in [0.25, 0.3) is 10.9 Å². The van der Waals surface area contributed by atoms with Crippen molar-refractivity contribution in [3.05, 3.63) is 34.1 Å². The third-order valence-electron chi connectivity index (χ3n) is 2.17. The molecule has 1 aromatic heterocycles. The standard InChI is InChI=1S/C10H7NO5/c12-7-2-6-4(1-5(7)10(15)16)8(13)3-9(14)11-6/h1-3,12H,(H,15,16)(H2,11,13,14). The number of aromatic amines is 1. The molecule has 1 heterocycles. The first-order chi connectivity index (χ1) is 7.49. The van der Waals surface area contributed by atoms with E-state index in [2.05, 4.69) is 4.98 Å². The van der Waals surface area contributed by atoms with Gasteiger partial charge in [0.05, 0.1) is 5.52 Å². The van der Waals surface area contributed by atoms with Gasteiger partial charge in [0.2, 0.25) is 0 Å². The molecule has 0 spiro atoms. The van der Waals surface area contributed by atoms with Gasteiger partial charge in [-0.2, -0.15) is 0 Å². The van der Waals surface area contributed by atoms with Gasteiger partial charge < -0.3 is 20.3 Å². The molecule has 0 atom stereocenters. The molecule has 0 aliphatic rings. The molecular weight excluding hydrogens is 214 g/mol. The molecule has 0 saturated carbocycles. The number of carboxylic acids is 1. The fourth-order valence-electron chi connectivity index (χ4n) is 1.45. The second-order valence-electron chi connectivity index (χ2n) is 3.24. The predicted molar refractivity (Wildman–Crippen MR) is 54.9 cm³/mol. The van der Waals surface area contributed by atoms with Gasteiger partial charge in [-0.05, 0) is 6.07 Å². The number of hydrogen-bond acceptors (Lipinski definition) is 4. The molecule has 0 aliphatic carbocycles. The number of carboxylic acid groups (broad SMARTS) is 1. The van der Waals surface area contributed by atoms with E-state index in [1.54, 1.807) is 0 Å². The number of nitrogens with one attached hydrogen (secondary N) is 1. The van der Waals surface area contributed by atoms with Crippen molar-refractivity contribution in [3.8, 4) is 11.5 Å². The molecule has 0 amide bonds. The first-order valence-corrected chi connectivity index (χ1v) is 4.31. The van der Waals surface area contributed by atoms with E-state index in [0.29, 0.717) is 0 Å². The van der Waals surface area contributed by atoms with Crippen molar-refractivity contribution in [2.24, 2.45) is 0 Å². The summed E-state index contributed by atoms with van der Waals surface area (Å²) in [6.45, 7) is 0. The van der Waals surface area contributed by atoms with Gasteiger partial charge in [0.15, 0.2) is 0 Å². The lowest BCUT2D eigenvalue weighted by molar-refractivity contribution is 0.0694. The second-order valence-corrected chi connectivity index (χ2v) is 3.24. The molecular formula is C10H7NO5. The summed E-state index contributed by atoms with van der Waals surface area (Å²) in [5.74, 6) is -2.12. The molecule has 0 aliphatic heterocycles. The zero-order chi connectivity index (χ0) is 11.9. The number of phenols is 1. The van der Waals surface area contributed by atoms with E-state index >= 15 is 0 Å². The van der Waals surface area contributed by atoms with Gasteiger partial charge in [-0.25, -0.2) is 4.79 Å². The lowest BCUT2D eigenvalue weighted by atomic mass is 10.1. The zero-order valence-electron chi connectivity index (χ0n) is 7.89. The van der Waals surface area contributed by atoms with Crippen LogP contribution in [-0.4, -0.2) is 26.3 Å². The molecule has 82 valence electrons.